The molecule has 1 saturated heterocycles. The highest BCUT2D eigenvalue weighted by molar-refractivity contribution is 7.09. The Labute approximate surface area is 170 Å². The van der Waals surface area contributed by atoms with E-state index in [1.807, 2.05) is 29.0 Å². The Kier molecular flexibility index (Phi) is 6.24. The number of thiophene rings is 1. The molecule has 0 spiro atoms. The number of carbonyl (C=O) groups is 1. The molecule has 5 heteroatoms. The number of carbonyl (C=O) groups excluding carboxylic acids is 1. The number of nitrogens with zero attached hydrogens (tertiary/aromatic N) is 2. The van der Waals surface area contributed by atoms with Crippen molar-refractivity contribution in [2.45, 2.75) is 25.9 Å². The second-order valence-electron chi connectivity index (χ2n) is 7.54. The van der Waals surface area contributed by atoms with Crippen molar-refractivity contribution in [3.05, 3.63) is 82.3 Å². The third kappa shape index (κ3) is 4.91. The van der Waals surface area contributed by atoms with Crippen molar-refractivity contribution in [2.24, 2.45) is 5.92 Å². The first-order valence-electron chi connectivity index (χ1n) is 10.00. The molecule has 3 heterocycles. The summed E-state index contributed by atoms with van der Waals surface area (Å²) >= 11 is 1.72. The highest BCUT2D eigenvalue weighted by atomic mass is 32.1. The molecule has 1 unspecified atom stereocenters. The molecule has 28 heavy (non-hydrogen) atoms. The molecule has 1 fully saturated rings. The lowest BCUT2D eigenvalue weighted by molar-refractivity contribution is 0.0922. The van der Waals surface area contributed by atoms with Crippen molar-refractivity contribution in [1.82, 2.24) is 14.8 Å². The van der Waals surface area contributed by atoms with Crippen LogP contribution < -0.4 is 5.32 Å². The monoisotopic (exact) mass is 393 g/mol. The van der Waals surface area contributed by atoms with Crippen LogP contribution in [-0.4, -0.2) is 35.0 Å². The minimum atomic E-state index is 0.0294. The van der Waals surface area contributed by atoms with Crippen LogP contribution in [0.25, 0.3) is 0 Å². The summed E-state index contributed by atoms with van der Waals surface area (Å²) in [6.45, 7) is 4.68. The van der Waals surface area contributed by atoms with Crippen LogP contribution in [0.5, 0.6) is 0 Å². The Hall–Kier alpha value is -2.37. The fourth-order valence-corrected chi connectivity index (χ4v) is 4.66. The molecule has 1 aliphatic rings. The predicted molar refractivity (Wildman–Crippen MR) is 115 cm³/mol. The number of piperidine rings is 1. The molecule has 1 aromatic carbocycles. The van der Waals surface area contributed by atoms with Gasteiger partial charge in [0, 0.05) is 30.7 Å². The van der Waals surface area contributed by atoms with Gasteiger partial charge < -0.3 is 9.88 Å². The molecule has 1 N–H and O–H groups in total. The molecule has 1 aliphatic heterocycles. The van der Waals surface area contributed by atoms with Crippen LogP contribution in [0.3, 0.4) is 0 Å². The highest BCUT2D eigenvalue weighted by Gasteiger charge is 2.21. The van der Waals surface area contributed by atoms with Crippen molar-refractivity contribution in [3.8, 4) is 0 Å². The molecule has 1 amide bonds. The van der Waals surface area contributed by atoms with Crippen LogP contribution in [0.1, 0.15) is 33.8 Å². The van der Waals surface area contributed by atoms with Crippen LogP contribution in [0.2, 0.25) is 0 Å². The fraction of sp³-hybridized carbons (Fsp3) is 0.348. The second-order valence-corrected chi connectivity index (χ2v) is 8.57. The third-order valence-electron chi connectivity index (χ3n) is 5.37. The van der Waals surface area contributed by atoms with Crippen molar-refractivity contribution in [3.63, 3.8) is 0 Å². The summed E-state index contributed by atoms with van der Waals surface area (Å²) in [7, 11) is 0. The molecule has 1 atom stereocenters. The summed E-state index contributed by atoms with van der Waals surface area (Å²) in [5.41, 5.74) is 2.10. The van der Waals surface area contributed by atoms with E-state index >= 15 is 0 Å². The van der Waals surface area contributed by atoms with Gasteiger partial charge >= 0.3 is 0 Å². The van der Waals surface area contributed by atoms with Gasteiger partial charge in [-0.15, -0.1) is 11.3 Å². The standard InChI is InChI=1S/C23H27N3OS/c27-23(22-11-5-13-26(22)18-21-10-6-14-28-21)24-15-20-9-4-12-25(17-20)16-19-7-2-1-3-8-19/h1-3,5-8,10-11,13-14,20H,4,9,12,15-18H2,(H,24,27). The lowest BCUT2D eigenvalue weighted by atomic mass is 9.97. The summed E-state index contributed by atoms with van der Waals surface area (Å²) in [5.74, 6) is 0.545. The molecule has 3 aromatic rings. The minimum absolute atomic E-state index is 0.0294. The fourth-order valence-electron chi connectivity index (χ4n) is 3.96. The zero-order valence-electron chi connectivity index (χ0n) is 16.1. The van der Waals surface area contributed by atoms with Gasteiger partial charge in [-0.05, 0) is 54.4 Å². The van der Waals surface area contributed by atoms with Gasteiger partial charge in [0.25, 0.3) is 5.91 Å². The summed E-state index contributed by atoms with van der Waals surface area (Å²) in [4.78, 5) is 16.5. The third-order valence-corrected chi connectivity index (χ3v) is 6.23. The van der Waals surface area contributed by atoms with E-state index in [9.17, 15) is 4.79 Å². The molecular weight excluding hydrogens is 366 g/mol. The molecule has 4 nitrogen and oxygen atoms in total. The average molecular weight is 394 g/mol. The molecule has 0 saturated carbocycles. The summed E-state index contributed by atoms with van der Waals surface area (Å²) in [6, 6.07) is 18.6. The average Bonchev–Trinajstić information content (AvgIpc) is 3.40. The van der Waals surface area contributed by atoms with E-state index < -0.39 is 0 Å². The van der Waals surface area contributed by atoms with Crippen molar-refractivity contribution in [1.29, 1.82) is 0 Å². The lowest BCUT2D eigenvalue weighted by Gasteiger charge is -2.32. The van der Waals surface area contributed by atoms with Gasteiger partial charge in [0.15, 0.2) is 0 Å². The van der Waals surface area contributed by atoms with E-state index in [4.69, 9.17) is 0 Å². The van der Waals surface area contributed by atoms with Crippen LogP contribution in [0.4, 0.5) is 0 Å². The first-order chi connectivity index (χ1) is 13.8. The summed E-state index contributed by atoms with van der Waals surface area (Å²) < 4.78 is 2.03. The maximum Gasteiger partial charge on any atom is 0.267 e. The van der Waals surface area contributed by atoms with E-state index in [1.54, 1.807) is 11.3 Å². The smallest absolute Gasteiger partial charge is 0.267 e. The van der Waals surface area contributed by atoms with Crippen molar-refractivity contribution >= 4 is 17.2 Å². The number of likely N-dealkylation sites (tertiary alicyclic amines) is 1. The van der Waals surface area contributed by atoms with Gasteiger partial charge in [0.05, 0.1) is 6.54 Å². The predicted octanol–water partition coefficient (Wildman–Crippen LogP) is 4.24. The zero-order valence-corrected chi connectivity index (χ0v) is 16.9. The van der Waals surface area contributed by atoms with Crippen molar-refractivity contribution < 1.29 is 4.79 Å². The van der Waals surface area contributed by atoms with Crippen LogP contribution in [0, 0.1) is 5.92 Å². The topological polar surface area (TPSA) is 37.3 Å². The maximum absolute atomic E-state index is 12.7. The number of hydrogen-bond acceptors (Lipinski definition) is 3. The Morgan fingerprint density at radius 1 is 1.07 bits per heavy atom. The van der Waals surface area contributed by atoms with Gasteiger partial charge in [0.2, 0.25) is 0 Å². The zero-order chi connectivity index (χ0) is 19.2. The molecular formula is C23H27N3OS. The Balaban J connectivity index is 1.29. The Morgan fingerprint density at radius 2 is 1.96 bits per heavy atom. The quantitative estimate of drug-likeness (QED) is 0.652. The number of amides is 1. The van der Waals surface area contributed by atoms with Gasteiger partial charge in [-0.3, -0.25) is 9.69 Å². The molecule has 0 radical (unpaired) electrons. The number of aromatic nitrogens is 1. The first-order valence-corrected chi connectivity index (χ1v) is 10.9. The van der Waals surface area contributed by atoms with E-state index in [-0.39, 0.29) is 5.91 Å². The Bertz CT molecular complexity index is 872. The number of nitrogens with one attached hydrogen (secondary N) is 1. The van der Waals surface area contributed by atoms with Crippen LogP contribution in [0.15, 0.2) is 66.2 Å². The lowest BCUT2D eigenvalue weighted by Crippen LogP contribution is -2.40. The number of benzene rings is 1. The molecule has 0 bridgehead atoms. The van der Waals surface area contributed by atoms with Crippen LogP contribution in [-0.2, 0) is 13.1 Å². The highest BCUT2D eigenvalue weighted by Crippen LogP contribution is 2.18. The number of hydrogen-bond donors (Lipinski definition) is 1. The SMILES string of the molecule is O=C(NCC1CCCN(Cc2ccccc2)C1)c1cccn1Cc1cccs1. The van der Waals surface area contributed by atoms with Gasteiger partial charge in [-0.2, -0.15) is 0 Å². The first kappa shape index (κ1) is 19.0. The molecule has 2 aromatic heterocycles. The van der Waals surface area contributed by atoms with E-state index in [1.165, 1.54) is 23.3 Å². The maximum atomic E-state index is 12.7. The van der Waals surface area contributed by atoms with Crippen LogP contribution >= 0.6 is 11.3 Å². The van der Waals surface area contributed by atoms with E-state index in [0.717, 1.165) is 38.4 Å². The molecule has 146 valence electrons. The minimum Gasteiger partial charge on any atom is -0.350 e. The van der Waals surface area contributed by atoms with E-state index in [2.05, 4.69) is 52.0 Å². The van der Waals surface area contributed by atoms with Gasteiger partial charge in [-0.25, -0.2) is 0 Å². The van der Waals surface area contributed by atoms with Gasteiger partial charge in [0.1, 0.15) is 5.69 Å². The largest absolute Gasteiger partial charge is 0.350 e. The normalized spacial score (nSPS) is 17.5. The second kappa shape index (κ2) is 9.22. The van der Waals surface area contributed by atoms with E-state index in [0.29, 0.717) is 5.92 Å². The molecule has 0 aliphatic carbocycles. The number of rotatable bonds is 7. The molecule has 4 rings (SSSR count). The Morgan fingerprint density at radius 3 is 2.79 bits per heavy atom. The summed E-state index contributed by atoms with van der Waals surface area (Å²) in [5, 5.41) is 5.25. The van der Waals surface area contributed by atoms with Gasteiger partial charge in [-0.1, -0.05) is 36.4 Å². The summed E-state index contributed by atoms with van der Waals surface area (Å²) in [6.07, 6.45) is 4.36. The van der Waals surface area contributed by atoms with Crippen molar-refractivity contribution in [2.75, 3.05) is 19.6 Å².